The quantitative estimate of drug-likeness (QED) is 0.822. The zero-order valence-electron chi connectivity index (χ0n) is 16.5. The average Bonchev–Trinajstić information content (AvgIpc) is 2.69. The number of carbonyl (C=O) groups is 1. The molecule has 2 aromatic rings. The third-order valence-corrected chi connectivity index (χ3v) is 6.57. The van der Waals surface area contributed by atoms with Crippen LogP contribution in [0.1, 0.15) is 43.2 Å². The van der Waals surface area contributed by atoms with Gasteiger partial charge in [0.2, 0.25) is 0 Å². The van der Waals surface area contributed by atoms with E-state index in [2.05, 4.69) is 0 Å². The van der Waals surface area contributed by atoms with E-state index in [0.717, 1.165) is 36.6 Å². The van der Waals surface area contributed by atoms with Gasteiger partial charge in [0.1, 0.15) is 11.3 Å². The van der Waals surface area contributed by atoms with Crippen LogP contribution in [0.4, 0.5) is 0 Å². The lowest BCUT2D eigenvalue weighted by molar-refractivity contribution is -0.145. The number of piperidine rings is 1. The molecule has 2 aliphatic rings. The first-order chi connectivity index (χ1) is 13.4. The van der Waals surface area contributed by atoms with E-state index >= 15 is 0 Å². The Kier molecular flexibility index (Phi) is 4.91. The largest absolute Gasteiger partial charge is 0.484 e. The topological polar surface area (TPSA) is 80.0 Å². The van der Waals surface area contributed by atoms with E-state index in [1.807, 2.05) is 13.0 Å². The smallest absolute Gasteiger partial charge is 0.339 e. The van der Waals surface area contributed by atoms with Crippen molar-refractivity contribution in [2.75, 3.05) is 19.7 Å². The molecular weight excluding hydrogens is 358 g/mol. The number of nitrogens with zero attached hydrogens (tertiary/aromatic N) is 1. The van der Waals surface area contributed by atoms with Crippen LogP contribution >= 0.6 is 0 Å². The van der Waals surface area contributed by atoms with Gasteiger partial charge in [-0.05, 0) is 50.8 Å². The van der Waals surface area contributed by atoms with Crippen molar-refractivity contribution in [3.05, 3.63) is 39.7 Å². The van der Waals surface area contributed by atoms with E-state index in [4.69, 9.17) is 9.15 Å². The van der Waals surface area contributed by atoms with Crippen LogP contribution in [0, 0.1) is 19.8 Å². The number of hydrogen-bond donors (Lipinski definition) is 1. The Morgan fingerprint density at radius 2 is 2.11 bits per heavy atom. The van der Waals surface area contributed by atoms with Gasteiger partial charge in [0.15, 0.2) is 6.61 Å². The van der Waals surface area contributed by atoms with Crippen LogP contribution in [-0.2, 0) is 4.79 Å². The average molecular weight is 385 g/mol. The predicted molar refractivity (Wildman–Crippen MR) is 106 cm³/mol. The SMILES string of the molecule is Cc1c(C)c2ccc(OCC(=O)N3CC[C@]4(O)CCCC[C@H]4C3)cc2oc1=O. The maximum atomic E-state index is 12.6. The second-order valence-electron chi connectivity index (χ2n) is 8.22. The summed E-state index contributed by atoms with van der Waals surface area (Å²) in [7, 11) is 0. The molecule has 1 aliphatic heterocycles. The molecule has 1 aromatic heterocycles. The van der Waals surface area contributed by atoms with E-state index in [1.54, 1.807) is 24.0 Å². The number of aryl methyl sites for hydroxylation is 1. The molecule has 1 aromatic carbocycles. The highest BCUT2D eigenvalue weighted by Crippen LogP contribution is 2.39. The molecule has 1 aliphatic carbocycles. The molecule has 2 fully saturated rings. The molecule has 1 amide bonds. The van der Waals surface area contributed by atoms with Crippen molar-refractivity contribution in [1.29, 1.82) is 0 Å². The summed E-state index contributed by atoms with van der Waals surface area (Å²) >= 11 is 0. The summed E-state index contributed by atoms with van der Waals surface area (Å²) in [6.07, 6.45) is 4.65. The zero-order valence-corrected chi connectivity index (χ0v) is 16.5. The van der Waals surface area contributed by atoms with Crippen LogP contribution in [0.25, 0.3) is 11.0 Å². The Morgan fingerprint density at radius 3 is 2.93 bits per heavy atom. The minimum Gasteiger partial charge on any atom is -0.484 e. The molecule has 0 spiro atoms. The molecule has 0 radical (unpaired) electrons. The number of benzene rings is 1. The van der Waals surface area contributed by atoms with Gasteiger partial charge in [0.05, 0.1) is 5.60 Å². The lowest BCUT2D eigenvalue weighted by Crippen LogP contribution is -2.55. The molecule has 2 atom stereocenters. The van der Waals surface area contributed by atoms with E-state index in [0.29, 0.717) is 36.4 Å². The van der Waals surface area contributed by atoms with Gasteiger partial charge in [-0.1, -0.05) is 12.8 Å². The number of ether oxygens (including phenoxy) is 1. The second-order valence-corrected chi connectivity index (χ2v) is 8.22. The third-order valence-electron chi connectivity index (χ3n) is 6.57. The minimum atomic E-state index is -0.595. The maximum absolute atomic E-state index is 12.6. The van der Waals surface area contributed by atoms with Crippen LogP contribution < -0.4 is 10.4 Å². The number of aliphatic hydroxyl groups is 1. The molecule has 1 saturated heterocycles. The van der Waals surface area contributed by atoms with Crippen molar-refractivity contribution in [3.8, 4) is 5.75 Å². The van der Waals surface area contributed by atoms with E-state index in [1.165, 1.54) is 0 Å². The fraction of sp³-hybridized carbons (Fsp3) is 0.545. The van der Waals surface area contributed by atoms with Gasteiger partial charge >= 0.3 is 5.63 Å². The first-order valence-electron chi connectivity index (χ1n) is 10.0. The third kappa shape index (κ3) is 3.41. The van der Waals surface area contributed by atoms with E-state index < -0.39 is 5.60 Å². The fourth-order valence-electron chi connectivity index (χ4n) is 4.55. The molecule has 1 N–H and O–H groups in total. The monoisotopic (exact) mass is 385 g/mol. The van der Waals surface area contributed by atoms with E-state index in [-0.39, 0.29) is 24.1 Å². The highest BCUT2D eigenvalue weighted by molar-refractivity contribution is 5.82. The molecule has 4 rings (SSSR count). The second kappa shape index (κ2) is 7.24. The van der Waals surface area contributed by atoms with Gasteiger partial charge in [0.25, 0.3) is 5.91 Å². The van der Waals surface area contributed by atoms with Crippen molar-refractivity contribution >= 4 is 16.9 Å². The Labute approximate surface area is 164 Å². The van der Waals surface area contributed by atoms with Crippen molar-refractivity contribution in [2.24, 2.45) is 5.92 Å². The summed E-state index contributed by atoms with van der Waals surface area (Å²) in [4.78, 5) is 26.3. The zero-order chi connectivity index (χ0) is 19.9. The normalized spacial score (nSPS) is 24.8. The number of likely N-dealkylation sites (tertiary alicyclic amines) is 1. The Balaban J connectivity index is 1.42. The van der Waals surface area contributed by atoms with Crippen LogP contribution in [0.5, 0.6) is 5.75 Å². The van der Waals surface area contributed by atoms with Crippen molar-refractivity contribution in [2.45, 2.75) is 51.6 Å². The van der Waals surface area contributed by atoms with Crippen LogP contribution in [0.3, 0.4) is 0 Å². The summed E-state index contributed by atoms with van der Waals surface area (Å²) in [5, 5.41) is 11.6. The lowest BCUT2D eigenvalue weighted by Gasteiger charge is -2.47. The van der Waals surface area contributed by atoms with Gasteiger partial charge in [-0.2, -0.15) is 0 Å². The molecule has 6 nitrogen and oxygen atoms in total. The molecule has 0 unspecified atom stereocenters. The van der Waals surface area contributed by atoms with Crippen LogP contribution in [-0.4, -0.2) is 41.2 Å². The van der Waals surface area contributed by atoms with E-state index in [9.17, 15) is 14.7 Å². The fourth-order valence-corrected chi connectivity index (χ4v) is 4.55. The van der Waals surface area contributed by atoms with Gasteiger partial charge in [-0.25, -0.2) is 4.79 Å². The van der Waals surface area contributed by atoms with Crippen LogP contribution in [0.15, 0.2) is 27.4 Å². The number of hydrogen-bond acceptors (Lipinski definition) is 5. The molecule has 1 saturated carbocycles. The summed E-state index contributed by atoms with van der Waals surface area (Å²) in [6.45, 7) is 4.74. The Morgan fingerprint density at radius 1 is 1.29 bits per heavy atom. The van der Waals surface area contributed by atoms with Gasteiger partial charge in [-0.15, -0.1) is 0 Å². The Hall–Kier alpha value is -2.34. The minimum absolute atomic E-state index is 0.0638. The summed E-state index contributed by atoms with van der Waals surface area (Å²) in [6, 6.07) is 5.30. The highest BCUT2D eigenvalue weighted by atomic mass is 16.5. The standard InChI is InChI=1S/C22H27NO5/c1-14-15(2)21(25)28-19-11-17(6-7-18(14)19)27-13-20(24)23-10-9-22(26)8-4-3-5-16(22)12-23/h6-7,11,16,26H,3-5,8-10,12-13H2,1-2H3/t16-,22+/m0/s1. The van der Waals surface area contributed by atoms with Crippen molar-refractivity contribution in [3.63, 3.8) is 0 Å². The molecule has 0 bridgehead atoms. The summed E-state index contributed by atoms with van der Waals surface area (Å²) in [5.41, 5.74) is 1.00. The Bertz CT molecular complexity index is 965. The van der Waals surface area contributed by atoms with Gasteiger partial charge in [0, 0.05) is 36.0 Å². The predicted octanol–water partition coefficient (Wildman–Crippen LogP) is 2.94. The number of rotatable bonds is 3. The van der Waals surface area contributed by atoms with Gasteiger partial charge < -0.3 is 19.2 Å². The molecule has 150 valence electrons. The molecule has 28 heavy (non-hydrogen) atoms. The molecular formula is C22H27NO5. The van der Waals surface area contributed by atoms with Gasteiger partial charge in [-0.3, -0.25) is 4.79 Å². The van der Waals surface area contributed by atoms with Crippen molar-refractivity contribution in [1.82, 2.24) is 4.90 Å². The number of amides is 1. The molecule has 6 heteroatoms. The lowest BCUT2D eigenvalue weighted by atomic mass is 9.71. The molecule has 2 heterocycles. The summed E-state index contributed by atoms with van der Waals surface area (Å²) in [5.74, 6) is 0.591. The van der Waals surface area contributed by atoms with Crippen molar-refractivity contribution < 1.29 is 19.1 Å². The highest BCUT2D eigenvalue weighted by Gasteiger charge is 2.43. The van der Waals surface area contributed by atoms with Crippen LogP contribution in [0.2, 0.25) is 0 Å². The number of fused-ring (bicyclic) bond motifs is 2. The maximum Gasteiger partial charge on any atom is 0.339 e. The summed E-state index contributed by atoms with van der Waals surface area (Å²) < 4.78 is 11.0. The first-order valence-corrected chi connectivity index (χ1v) is 10.0. The first kappa shape index (κ1) is 19.0. The number of carbonyl (C=O) groups excluding carboxylic acids is 1.